The van der Waals surface area contributed by atoms with E-state index in [1.165, 1.54) is 32.0 Å². The molecule has 0 saturated carbocycles. The number of benzene rings is 4. The summed E-state index contributed by atoms with van der Waals surface area (Å²) >= 11 is 3.53. The number of para-hydroxylation sites is 2. The van der Waals surface area contributed by atoms with Gasteiger partial charge in [-0.25, -0.2) is 9.97 Å². The van der Waals surface area contributed by atoms with E-state index in [1.807, 2.05) is 36.7 Å². The third-order valence-corrected chi connectivity index (χ3v) is 14.2. The average Bonchev–Trinajstić information content (AvgIpc) is 3.74. The molecule has 0 unspecified atom stereocenters. The van der Waals surface area contributed by atoms with Gasteiger partial charge >= 0.3 is 0 Å². The van der Waals surface area contributed by atoms with Crippen LogP contribution in [0.3, 0.4) is 0 Å². The maximum Gasteiger partial charge on any atom is 0.210 e. The first-order valence-corrected chi connectivity index (χ1v) is 21.0. The van der Waals surface area contributed by atoms with Gasteiger partial charge in [-0.15, -0.1) is 0 Å². The number of aromatic nitrogens is 4. The number of rotatable bonds is 9. The number of nitrogens with zero attached hydrogens (tertiary/aromatic N) is 5. The van der Waals surface area contributed by atoms with E-state index in [2.05, 4.69) is 151 Å². The summed E-state index contributed by atoms with van der Waals surface area (Å²) in [6.07, 6.45) is 4.82. The van der Waals surface area contributed by atoms with Crippen LogP contribution in [0, 0.1) is 27.7 Å². The molecule has 4 aromatic heterocycles. The van der Waals surface area contributed by atoms with Crippen molar-refractivity contribution >= 4 is 52.0 Å². The zero-order valence-electron chi connectivity index (χ0n) is 32.7. The molecule has 7 nitrogen and oxygen atoms in total. The second kappa shape index (κ2) is 15.0. The van der Waals surface area contributed by atoms with Gasteiger partial charge in [0.05, 0.1) is 10.1 Å². The van der Waals surface area contributed by atoms with E-state index < -0.39 is 5.54 Å². The lowest BCUT2D eigenvalue weighted by molar-refractivity contribution is -0.125. The second-order valence-electron chi connectivity index (χ2n) is 14.8. The molecule has 1 aliphatic heterocycles. The summed E-state index contributed by atoms with van der Waals surface area (Å²) in [6, 6.07) is 42.1. The summed E-state index contributed by atoms with van der Waals surface area (Å²) in [5.74, 6) is 0. The summed E-state index contributed by atoms with van der Waals surface area (Å²) < 4.78 is 4.61. The van der Waals surface area contributed by atoms with Gasteiger partial charge in [0.2, 0.25) is 6.41 Å². The fourth-order valence-electron chi connectivity index (χ4n) is 8.82. The largest absolute Gasteiger partial charge is 0.328 e. The molecule has 57 heavy (non-hydrogen) atoms. The van der Waals surface area contributed by atoms with Crippen LogP contribution in [-0.4, -0.2) is 49.5 Å². The molecule has 1 N–H and O–H groups in total. The van der Waals surface area contributed by atoms with E-state index >= 15 is 0 Å². The number of fused-ring (bicyclic) bond motifs is 2. The molecule has 284 valence electrons. The molecule has 0 radical (unpaired) electrons. The van der Waals surface area contributed by atoms with Gasteiger partial charge in [0.15, 0.2) is 0 Å². The summed E-state index contributed by atoms with van der Waals surface area (Å²) in [5.41, 5.74) is 9.47. The maximum atomic E-state index is 14.1. The first-order chi connectivity index (χ1) is 27.8. The lowest BCUT2D eigenvalue weighted by atomic mass is 9.74. The average molecular weight is 785 g/mol. The van der Waals surface area contributed by atoms with Gasteiger partial charge in [0.1, 0.15) is 16.8 Å². The highest BCUT2D eigenvalue weighted by Crippen LogP contribution is 2.56. The lowest BCUT2D eigenvalue weighted by Gasteiger charge is -2.51. The van der Waals surface area contributed by atoms with Gasteiger partial charge in [0.25, 0.3) is 0 Å². The highest BCUT2D eigenvalue weighted by molar-refractivity contribution is 7.99. The predicted octanol–water partition coefficient (Wildman–Crippen LogP) is 10.6. The molecule has 1 atom stereocenters. The third-order valence-electron chi connectivity index (χ3n) is 11.4. The normalized spacial score (nSPS) is 15.4. The number of hydrogen-bond acceptors (Lipinski definition) is 6. The van der Waals surface area contributed by atoms with E-state index in [9.17, 15) is 4.79 Å². The molecule has 8 aromatic rings. The van der Waals surface area contributed by atoms with Crippen LogP contribution in [0.4, 0.5) is 0 Å². The number of nitrogens with one attached hydrogen (secondary N) is 1. The van der Waals surface area contributed by atoms with Crippen LogP contribution in [-0.2, 0) is 10.3 Å². The van der Waals surface area contributed by atoms with E-state index in [0.717, 1.165) is 61.0 Å². The minimum atomic E-state index is -1.04. The highest BCUT2D eigenvalue weighted by Gasteiger charge is 2.54. The molecular weight excluding hydrogens is 741 g/mol. The van der Waals surface area contributed by atoms with Crippen molar-refractivity contribution in [3.63, 3.8) is 0 Å². The Morgan fingerprint density at radius 1 is 0.614 bits per heavy atom. The maximum absolute atomic E-state index is 14.1. The van der Waals surface area contributed by atoms with Crippen LogP contribution in [0.15, 0.2) is 154 Å². The second-order valence-corrected chi connectivity index (χ2v) is 16.8. The molecule has 1 aliphatic rings. The Morgan fingerprint density at radius 3 is 1.47 bits per heavy atom. The minimum absolute atomic E-state index is 0.240. The summed E-state index contributed by atoms with van der Waals surface area (Å²) in [5, 5.41) is 7.92. The monoisotopic (exact) mass is 784 g/mol. The van der Waals surface area contributed by atoms with Crippen molar-refractivity contribution in [2.45, 2.75) is 66.0 Å². The van der Waals surface area contributed by atoms with Crippen molar-refractivity contribution in [1.82, 2.24) is 29.3 Å². The van der Waals surface area contributed by atoms with Crippen LogP contribution in [0.1, 0.15) is 40.3 Å². The topological polar surface area (TPSA) is 68.0 Å². The summed E-state index contributed by atoms with van der Waals surface area (Å²) in [7, 11) is 0. The van der Waals surface area contributed by atoms with Crippen LogP contribution in [0.5, 0.6) is 0 Å². The fourth-order valence-corrected chi connectivity index (χ4v) is 11.4. The van der Waals surface area contributed by atoms with Crippen LogP contribution < -0.4 is 5.32 Å². The molecule has 0 aliphatic carbocycles. The van der Waals surface area contributed by atoms with Crippen molar-refractivity contribution in [3.8, 4) is 11.4 Å². The molecule has 9 heteroatoms. The van der Waals surface area contributed by atoms with E-state index in [0.29, 0.717) is 13.1 Å². The van der Waals surface area contributed by atoms with Crippen LogP contribution in [0.25, 0.3) is 33.4 Å². The van der Waals surface area contributed by atoms with Gasteiger partial charge in [-0.2, -0.15) is 0 Å². The van der Waals surface area contributed by atoms with Gasteiger partial charge in [-0.1, -0.05) is 96.3 Å². The molecule has 4 aromatic carbocycles. The number of amides is 1. The van der Waals surface area contributed by atoms with E-state index in [-0.39, 0.29) is 6.04 Å². The van der Waals surface area contributed by atoms with Gasteiger partial charge in [-0.3, -0.25) is 13.9 Å². The van der Waals surface area contributed by atoms with Gasteiger partial charge in [0, 0.05) is 74.6 Å². The molecule has 5 heterocycles. The number of piperazine rings is 1. The highest BCUT2D eigenvalue weighted by atomic mass is 32.2. The Morgan fingerprint density at radius 2 is 1.05 bits per heavy atom. The SMILES string of the molecule is Cc1cccc(C)c1Sc1c(C2(c3c(Sc4c(C)cccc4C)n(-c4ccccc4)c4ncccc34)[C@H](C)NCCN2C=O)c2cccnc2n1-c1ccccc1. The number of aryl methyl sites for hydroxylation is 4. The first kappa shape index (κ1) is 37.0. The summed E-state index contributed by atoms with van der Waals surface area (Å²) in [4.78, 5) is 28.8. The molecule has 1 saturated heterocycles. The fraction of sp³-hybridized carbons (Fsp3) is 0.188. The van der Waals surface area contributed by atoms with Crippen LogP contribution in [0.2, 0.25) is 0 Å². The Balaban J connectivity index is 1.51. The van der Waals surface area contributed by atoms with Crippen molar-refractivity contribution in [1.29, 1.82) is 0 Å². The van der Waals surface area contributed by atoms with Gasteiger partial charge < -0.3 is 10.2 Å². The molecule has 1 fully saturated rings. The minimum Gasteiger partial charge on any atom is -0.328 e. The smallest absolute Gasteiger partial charge is 0.210 e. The Kier molecular flexibility index (Phi) is 9.76. The molecular formula is C48H44N6OS2. The lowest BCUT2D eigenvalue weighted by Crippen LogP contribution is -2.64. The Bertz CT molecular complexity index is 2560. The zero-order valence-corrected chi connectivity index (χ0v) is 34.4. The number of carbonyl (C=O) groups excluding carboxylic acids is 1. The Hall–Kier alpha value is -5.61. The van der Waals surface area contributed by atoms with Crippen molar-refractivity contribution < 1.29 is 4.79 Å². The van der Waals surface area contributed by atoms with E-state index in [4.69, 9.17) is 9.97 Å². The van der Waals surface area contributed by atoms with Crippen molar-refractivity contribution in [3.05, 3.63) is 167 Å². The van der Waals surface area contributed by atoms with Crippen LogP contribution >= 0.6 is 23.5 Å². The van der Waals surface area contributed by atoms with Crippen molar-refractivity contribution in [2.75, 3.05) is 13.1 Å². The summed E-state index contributed by atoms with van der Waals surface area (Å²) in [6.45, 7) is 12.1. The molecule has 9 rings (SSSR count). The zero-order chi connectivity index (χ0) is 39.3. The molecule has 0 bridgehead atoms. The Labute approximate surface area is 342 Å². The molecule has 0 spiro atoms. The standard InChI is InChI=1S/C48H44N6OS2/c1-31-16-12-17-32(2)42(31)56-46-40(38-24-14-26-50-44(38)53(46)36-20-8-6-9-21-36)48(35(5)49-28-29-52(48)30-55)41-39-25-15-27-51-45(39)54(37-22-10-7-11-23-37)47(41)57-43-33(3)18-13-19-34(43)4/h6-27,30,35,49H,28-29H2,1-5H3/t35-/m0/s1. The molecule has 1 amide bonds. The quantitative estimate of drug-likeness (QED) is 0.147. The number of carbonyl (C=O) groups is 1. The van der Waals surface area contributed by atoms with Crippen molar-refractivity contribution in [2.24, 2.45) is 0 Å². The predicted molar refractivity (Wildman–Crippen MR) is 233 cm³/mol. The van der Waals surface area contributed by atoms with Gasteiger partial charge in [-0.05, 0) is 105 Å². The first-order valence-electron chi connectivity index (χ1n) is 19.4. The van der Waals surface area contributed by atoms with E-state index in [1.54, 1.807) is 23.5 Å². The number of hydrogen-bond donors (Lipinski definition) is 1. The number of pyridine rings is 2. The third kappa shape index (κ3) is 5.99.